The van der Waals surface area contributed by atoms with Gasteiger partial charge in [-0.2, -0.15) is 5.26 Å². The number of aliphatic carboxylic acids is 1. The van der Waals surface area contributed by atoms with Gasteiger partial charge in [-0.15, -0.1) is 11.3 Å². The summed E-state index contributed by atoms with van der Waals surface area (Å²) in [4.78, 5) is 65.6. The van der Waals surface area contributed by atoms with E-state index in [2.05, 4.69) is 16.0 Å². The van der Waals surface area contributed by atoms with E-state index in [0.717, 1.165) is 19.3 Å². The first-order valence-electron chi connectivity index (χ1n) is 19.9. The number of nitrogens with zero attached hydrogens (tertiary/aromatic N) is 4. The SMILES string of the molecule is CC[C@@H]1CC1(NC(=O)[C@@H]1C[C@H](Oc2cc(-c3csc(NC(C)C)n3)nc3c(Cl)c(OCC#N)ccc23)CN1C(=O)[C@H](NC(=O)OC1C[C@@H]2C[C@@H]2C1)C(C)(C)C)C(=O)O. The molecule has 1 aliphatic heterocycles. The van der Waals surface area contributed by atoms with Crippen molar-refractivity contribution < 1.29 is 38.5 Å². The number of carboxylic acids is 1. The molecule has 3 amide bonds. The number of carbonyl (C=O) groups excluding carboxylic acids is 3. The number of rotatable bonds is 14. The van der Waals surface area contributed by atoms with E-state index < -0.39 is 53.0 Å². The van der Waals surface area contributed by atoms with Crippen LogP contribution in [0.3, 0.4) is 0 Å². The van der Waals surface area contributed by atoms with Gasteiger partial charge in [0.2, 0.25) is 11.8 Å². The Morgan fingerprint density at radius 3 is 2.47 bits per heavy atom. The number of carbonyl (C=O) groups is 4. The highest BCUT2D eigenvalue weighted by molar-refractivity contribution is 7.14. The van der Waals surface area contributed by atoms with E-state index in [-0.39, 0.29) is 54.8 Å². The van der Waals surface area contributed by atoms with E-state index in [0.29, 0.717) is 51.4 Å². The average Bonchev–Trinajstić information content (AvgIpc) is 3.83. The number of ether oxygens (including phenoxy) is 3. The second-order valence-electron chi connectivity index (χ2n) is 17.3. The molecule has 4 N–H and O–H groups in total. The minimum atomic E-state index is -1.43. The number of alkyl carbamates (subject to hydrolysis) is 1. The minimum Gasteiger partial charge on any atom is -0.488 e. The van der Waals surface area contributed by atoms with Gasteiger partial charge in [-0.1, -0.05) is 45.7 Å². The van der Waals surface area contributed by atoms with E-state index in [1.165, 1.54) is 16.2 Å². The fraction of sp³-hybridized carbons (Fsp3) is 0.585. The number of nitriles is 1. The topological polar surface area (TPSA) is 205 Å². The van der Waals surface area contributed by atoms with E-state index in [9.17, 15) is 24.3 Å². The molecule has 1 aromatic carbocycles. The number of aromatic nitrogens is 2. The summed E-state index contributed by atoms with van der Waals surface area (Å²) in [6, 6.07) is 4.92. The number of thiazole rings is 1. The molecule has 310 valence electrons. The molecule has 0 radical (unpaired) electrons. The maximum Gasteiger partial charge on any atom is 0.408 e. The molecule has 3 aliphatic carbocycles. The van der Waals surface area contributed by atoms with Crippen LogP contribution < -0.4 is 25.4 Å². The largest absolute Gasteiger partial charge is 0.488 e. The van der Waals surface area contributed by atoms with Crippen molar-refractivity contribution in [3.05, 3.63) is 28.6 Å². The zero-order valence-corrected chi connectivity index (χ0v) is 35.0. The van der Waals surface area contributed by atoms with Crippen LogP contribution in [0.25, 0.3) is 22.3 Å². The lowest BCUT2D eigenvalue weighted by Crippen LogP contribution is -2.59. The van der Waals surface area contributed by atoms with Crippen molar-refractivity contribution in [2.45, 2.75) is 116 Å². The Kier molecular flexibility index (Phi) is 11.4. The zero-order chi connectivity index (χ0) is 41.7. The Hall–Kier alpha value is -4.88. The van der Waals surface area contributed by atoms with Gasteiger partial charge in [0.1, 0.15) is 58.1 Å². The molecule has 8 atom stereocenters. The number of fused-ring (bicyclic) bond motifs is 2. The van der Waals surface area contributed by atoms with Crippen molar-refractivity contribution in [1.29, 1.82) is 5.26 Å². The number of hydrogen-bond acceptors (Lipinski definition) is 12. The first-order valence-corrected chi connectivity index (χ1v) is 21.1. The van der Waals surface area contributed by atoms with Crippen molar-refractivity contribution in [2.24, 2.45) is 23.2 Å². The van der Waals surface area contributed by atoms with Gasteiger partial charge in [0, 0.05) is 29.3 Å². The Labute approximate surface area is 346 Å². The molecule has 15 nitrogen and oxygen atoms in total. The van der Waals surface area contributed by atoms with Gasteiger partial charge in [0.05, 0.1) is 17.8 Å². The normalized spacial score (nSPS) is 26.4. The molecule has 58 heavy (non-hydrogen) atoms. The van der Waals surface area contributed by atoms with E-state index in [4.69, 9.17) is 41.0 Å². The fourth-order valence-corrected chi connectivity index (χ4v) is 9.50. The molecule has 17 heteroatoms. The van der Waals surface area contributed by atoms with Crippen LogP contribution in [0.4, 0.5) is 9.93 Å². The van der Waals surface area contributed by atoms with Crippen LogP contribution in [0.1, 0.15) is 80.1 Å². The van der Waals surface area contributed by atoms with Crippen molar-refractivity contribution in [2.75, 3.05) is 18.5 Å². The Balaban J connectivity index is 1.21. The lowest BCUT2D eigenvalue weighted by Gasteiger charge is -2.35. The number of halogens is 1. The highest BCUT2D eigenvalue weighted by Crippen LogP contribution is 2.52. The summed E-state index contributed by atoms with van der Waals surface area (Å²) in [6.45, 7) is 11.0. The predicted octanol–water partition coefficient (Wildman–Crippen LogP) is 6.39. The first kappa shape index (κ1) is 41.3. The number of nitrogens with one attached hydrogen (secondary N) is 3. The number of benzene rings is 1. The molecule has 3 aromatic rings. The fourth-order valence-electron chi connectivity index (χ4n) is 8.39. The highest BCUT2D eigenvalue weighted by Gasteiger charge is 2.61. The molecule has 4 fully saturated rings. The van der Waals surface area contributed by atoms with Crippen LogP contribution in [0.15, 0.2) is 23.6 Å². The molecule has 3 saturated carbocycles. The van der Waals surface area contributed by atoms with Gasteiger partial charge in [0.25, 0.3) is 0 Å². The third-order valence-electron chi connectivity index (χ3n) is 11.6. The van der Waals surface area contributed by atoms with Crippen LogP contribution in [0, 0.1) is 34.5 Å². The Morgan fingerprint density at radius 2 is 1.83 bits per heavy atom. The lowest BCUT2D eigenvalue weighted by atomic mass is 9.85. The summed E-state index contributed by atoms with van der Waals surface area (Å²) in [5.74, 6) is -0.729. The maximum absolute atomic E-state index is 14.7. The summed E-state index contributed by atoms with van der Waals surface area (Å²) in [6.07, 6.45) is 1.99. The molecule has 1 saturated heterocycles. The summed E-state index contributed by atoms with van der Waals surface area (Å²) in [5, 5.41) is 31.4. The number of amides is 3. The second-order valence-corrected chi connectivity index (χ2v) is 18.6. The third-order valence-corrected chi connectivity index (χ3v) is 12.8. The summed E-state index contributed by atoms with van der Waals surface area (Å²) < 4.78 is 18.0. The van der Waals surface area contributed by atoms with Gasteiger partial charge in [0.15, 0.2) is 11.7 Å². The summed E-state index contributed by atoms with van der Waals surface area (Å²) in [5.41, 5.74) is -0.909. The molecular weight excluding hydrogens is 786 g/mol. The molecule has 4 aliphatic rings. The summed E-state index contributed by atoms with van der Waals surface area (Å²) in [7, 11) is 0. The van der Waals surface area contributed by atoms with Crippen molar-refractivity contribution in [3.8, 4) is 29.0 Å². The Morgan fingerprint density at radius 1 is 1.09 bits per heavy atom. The standard InChI is InChI=1S/C41H50ClN7O8S/c1-7-23-17-41(23,37(52)53)48-35(50)29-15-25(18-49(29)36(51)34(40(4,5)6)47-39(54)57-24-13-21-12-22(21)14-24)56-31-16-27(28-19-58-38(46-28)44-20(2)3)45-33-26(31)8-9-30(32(33)42)55-11-10-43/h8-9,16,19-25,29,34H,7,11-15,17-18H2,1-6H3,(H,44,46)(H,47,54)(H,48,50)(H,52,53)/t21-,22+,23-,24?,25+,29+,34+,41?/m1/s1. The van der Waals surface area contributed by atoms with Crippen LogP contribution >= 0.6 is 22.9 Å². The predicted molar refractivity (Wildman–Crippen MR) is 217 cm³/mol. The minimum absolute atomic E-state index is 0.0195. The van der Waals surface area contributed by atoms with Gasteiger partial charge >= 0.3 is 12.1 Å². The van der Waals surface area contributed by atoms with Gasteiger partial charge in [-0.05, 0) is 74.8 Å². The average molecular weight is 836 g/mol. The highest BCUT2D eigenvalue weighted by atomic mass is 35.5. The molecule has 0 bridgehead atoms. The number of pyridine rings is 1. The van der Waals surface area contributed by atoms with E-state index in [1.807, 2.05) is 53.0 Å². The van der Waals surface area contributed by atoms with Gasteiger partial charge < -0.3 is 40.2 Å². The number of anilines is 1. The lowest BCUT2D eigenvalue weighted by molar-refractivity contribution is -0.146. The van der Waals surface area contributed by atoms with Gasteiger partial charge in [-0.3, -0.25) is 9.59 Å². The van der Waals surface area contributed by atoms with Crippen molar-refractivity contribution in [3.63, 3.8) is 0 Å². The quantitative estimate of drug-likeness (QED) is 0.139. The molecule has 3 heterocycles. The van der Waals surface area contributed by atoms with Crippen LogP contribution in [0.5, 0.6) is 11.5 Å². The summed E-state index contributed by atoms with van der Waals surface area (Å²) >= 11 is 8.25. The number of likely N-dealkylation sites (tertiary alicyclic amines) is 1. The molecule has 2 unspecified atom stereocenters. The van der Waals surface area contributed by atoms with E-state index >= 15 is 0 Å². The van der Waals surface area contributed by atoms with E-state index in [1.54, 1.807) is 18.2 Å². The van der Waals surface area contributed by atoms with Crippen LogP contribution in [-0.4, -0.2) is 92.9 Å². The smallest absolute Gasteiger partial charge is 0.408 e. The number of carboxylic acid groups (broad SMARTS) is 1. The molecule has 0 spiro atoms. The maximum atomic E-state index is 14.7. The van der Waals surface area contributed by atoms with Gasteiger partial charge in [-0.25, -0.2) is 19.6 Å². The van der Waals surface area contributed by atoms with Crippen LogP contribution in [0.2, 0.25) is 5.02 Å². The molecular formula is C41H50ClN7O8S. The number of hydrogen-bond donors (Lipinski definition) is 4. The van der Waals surface area contributed by atoms with Crippen molar-refractivity contribution >= 4 is 62.8 Å². The third kappa shape index (κ3) is 8.47. The monoisotopic (exact) mass is 835 g/mol. The molecule has 2 aromatic heterocycles. The van der Waals surface area contributed by atoms with Crippen LogP contribution in [-0.2, 0) is 19.1 Å². The zero-order valence-electron chi connectivity index (χ0n) is 33.5. The molecule has 7 rings (SSSR count). The first-order chi connectivity index (χ1) is 27.5. The second kappa shape index (κ2) is 16.1. The Bertz CT molecular complexity index is 2140. The van der Waals surface area contributed by atoms with Crippen molar-refractivity contribution in [1.82, 2.24) is 25.5 Å².